The molecule has 0 bridgehead atoms. The quantitative estimate of drug-likeness (QED) is 0.390. The van der Waals surface area contributed by atoms with Gasteiger partial charge in [0, 0.05) is 18.0 Å². The number of nitrogens with one attached hydrogen (secondary N) is 2. The lowest BCUT2D eigenvalue weighted by Crippen LogP contribution is -2.36. The van der Waals surface area contributed by atoms with E-state index in [4.69, 9.17) is 32.7 Å². The predicted octanol–water partition coefficient (Wildman–Crippen LogP) is 5.61. The van der Waals surface area contributed by atoms with Gasteiger partial charge in [-0.25, -0.2) is 0 Å². The van der Waals surface area contributed by atoms with E-state index in [9.17, 15) is 4.79 Å². The van der Waals surface area contributed by atoms with E-state index < -0.39 is 6.04 Å². The van der Waals surface area contributed by atoms with Crippen molar-refractivity contribution in [1.82, 2.24) is 10.6 Å². The fourth-order valence-corrected chi connectivity index (χ4v) is 4.39. The smallest absolute Gasteiger partial charge is 0.241 e. The van der Waals surface area contributed by atoms with Crippen molar-refractivity contribution in [3.63, 3.8) is 0 Å². The Hall–Kier alpha value is -2.73. The second kappa shape index (κ2) is 11.9. The lowest BCUT2D eigenvalue weighted by atomic mass is 9.88. The molecule has 2 atom stereocenters. The van der Waals surface area contributed by atoms with Crippen LogP contribution < -0.4 is 20.1 Å². The van der Waals surface area contributed by atoms with Crippen LogP contribution in [0.5, 0.6) is 11.5 Å². The molecule has 5 nitrogen and oxygen atoms in total. The van der Waals surface area contributed by atoms with Crippen LogP contribution in [-0.2, 0) is 4.79 Å². The molecule has 3 rings (SSSR count). The Kier molecular flexibility index (Phi) is 9.01. The molecular weight excluding hydrogens is 459 g/mol. The van der Waals surface area contributed by atoms with Crippen molar-refractivity contribution in [3.8, 4) is 11.5 Å². The zero-order valence-corrected chi connectivity index (χ0v) is 20.4. The van der Waals surface area contributed by atoms with Gasteiger partial charge in [0.2, 0.25) is 5.91 Å². The maximum absolute atomic E-state index is 12.5. The van der Waals surface area contributed by atoms with Crippen molar-refractivity contribution in [2.75, 3.05) is 27.8 Å². The Morgan fingerprint density at radius 1 is 0.909 bits per heavy atom. The molecule has 174 valence electrons. The Morgan fingerprint density at radius 2 is 1.61 bits per heavy atom. The van der Waals surface area contributed by atoms with Gasteiger partial charge in [-0.2, -0.15) is 0 Å². The molecule has 1 amide bonds. The van der Waals surface area contributed by atoms with Gasteiger partial charge in [-0.05, 0) is 47.9 Å². The number of hydrogen-bond acceptors (Lipinski definition) is 4. The highest BCUT2D eigenvalue weighted by molar-refractivity contribution is 6.33. The van der Waals surface area contributed by atoms with E-state index in [-0.39, 0.29) is 11.8 Å². The number of methoxy groups -OCH3 is 2. The monoisotopic (exact) mass is 486 g/mol. The first kappa shape index (κ1) is 24.9. The zero-order chi connectivity index (χ0) is 23.8. The van der Waals surface area contributed by atoms with E-state index >= 15 is 0 Å². The third kappa shape index (κ3) is 5.99. The molecule has 0 radical (unpaired) electrons. The molecule has 0 spiro atoms. The lowest BCUT2D eigenvalue weighted by molar-refractivity contribution is -0.122. The van der Waals surface area contributed by atoms with Gasteiger partial charge in [-0.1, -0.05) is 71.7 Å². The Labute approximate surface area is 205 Å². The van der Waals surface area contributed by atoms with E-state index in [1.807, 2.05) is 66.7 Å². The van der Waals surface area contributed by atoms with Crippen molar-refractivity contribution in [2.45, 2.75) is 18.4 Å². The molecule has 0 saturated heterocycles. The van der Waals surface area contributed by atoms with Crippen LogP contribution >= 0.6 is 23.2 Å². The minimum atomic E-state index is -0.456. The fourth-order valence-electron chi connectivity index (χ4n) is 3.89. The molecule has 3 aromatic carbocycles. The molecule has 2 unspecified atom stereocenters. The number of carbonyl (C=O) groups excluding carboxylic acids is 1. The number of carbonyl (C=O) groups is 1. The lowest BCUT2D eigenvalue weighted by Gasteiger charge is -2.23. The molecule has 3 aromatic rings. The highest BCUT2D eigenvalue weighted by Gasteiger charge is 2.24. The Balaban J connectivity index is 1.90. The average Bonchev–Trinajstić information content (AvgIpc) is 2.85. The fraction of sp³-hybridized carbons (Fsp3) is 0.269. The third-order valence-electron chi connectivity index (χ3n) is 5.59. The Morgan fingerprint density at radius 3 is 2.21 bits per heavy atom. The normalized spacial score (nSPS) is 12.6. The summed E-state index contributed by atoms with van der Waals surface area (Å²) >= 11 is 12.9. The maximum Gasteiger partial charge on any atom is 0.241 e. The molecule has 0 aliphatic rings. The summed E-state index contributed by atoms with van der Waals surface area (Å²) in [6.45, 7) is 0.574. The highest BCUT2D eigenvalue weighted by atomic mass is 35.5. The number of halogens is 2. The molecule has 7 heteroatoms. The summed E-state index contributed by atoms with van der Waals surface area (Å²) in [5.41, 5.74) is 2.88. The summed E-state index contributed by atoms with van der Waals surface area (Å²) in [6.07, 6.45) is 0.692. The Bertz CT molecular complexity index is 1060. The second-order valence-electron chi connectivity index (χ2n) is 7.51. The first-order chi connectivity index (χ1) is 16.0. The molecule has 0 fully saturated rings. The molecule has 0 aromatic heterocycles. The van der Waals surface area contributed by atoms with Crippen LogP contribution in [0.3, 0.4) is 0 Å². The highest BCUT2D eigenvalue weighted by Crippen LogP contribution is 2.43. The van der Waals surface area contributed by atoms with Gasteiger partial charge < -0.3 is 20.1 Å². The number of likely N-dealkylation sites (N-methyl/N-ethyl adjacent to an activating group) is 1. The van der Waals surface area contributed by atoms with Gasteiger partial charge in [0.25, 0.3) is 0 Å². The maximum atomic E-state index is 12.5. The molecule has 2 N–H and O–H groups in total. The number of amides is 1. The van der Waals surface area contributed by atoms with Crippen molar-refractivity contribution >= 4 is 29.1 Å². The summed E-state index contributed by atoms with van der Waals surface area (Å²) in [5.74, 6) is 0.927. The number of benzene rings is 3. The summed E-state index contributed by atoms with van der Waals surface area (Å²) in [4.78, 5) is 12.5. The van der Waals surface area contributed by atoms with Crippen molar-refractivity contribution < 1.29 is 14.3 Å². The van der Waals surface area contributed by atoms with Gasteiger partial charge >= 0.3 is 0 Å². The van der Waals surface area contributed by atoms with E-state index in [1.165, 1.54) is 0 Å². The second-order valence-corrected chi connectivity index (χ2v) is 8.32. The van der Waals surface area contributed by atoms with Crippen LogP contribution in [0.4, 0.5) is 0 Å². The van der Waals surface area contributed by atoms with Crippen LogP contribution in [0.1, 0.15) is 35.1 Å². The van der Waals surface area contributed by atoms with Gasteiger partial charge in [0.1, 0.15) is 6.04 Å². The van der Waals surface area contributed by atoms with E-state index in [0.29, 0.717) is 34.5 Å². The number of ether oxygens (including phenoxy) is 2. The topological polar surface area (TPSA) is 59.6 Å². The third-order valence-corrected chi connectivity index (χ3v) is 6.23. The van der Waals surface area contributed by atoms with Gasteiger partial charge in [-0.3, -0.25) is 4.79 Å². The van der Waals surface area contributed by atoms with Gasteiger partial charge in [-0.15, -0.1) is 0 Å². The summed E-state index contributed by atoms with van der Waals surface area (Å²) in [7, 11) is 4.79. The molecule has 0 aliphatic carbocycles. The van der Waals surface area contributed by atoms with Crippen LogP contribution in [0.25, 0.3) is 0 Å². The standard InChI is InChI=1S/C26H28Cl2N2O3/c1-29-26(31)24(18-7-5-4-6-8-18)30-16-15-20(17-9-11-19(27)12-10-17)21-13-14-22(32-2)25(33-3)23(21)28/h4-14,20,24,30H,15-16H2,1-3H3,(H,29,31). The molecule has 0 heterocycles. The van der Waals surface area contributed by atoms with Crippen molar-refractivity contribution in [3.05, 3.63) is 93.5 Å². The summed E-state index contributed by atoms with van der Waals surface area (Å²) < 4.78 is 10.9. The zero-order valence-electron chi connectivity index (χ0n) is 18.9. The van der Waals surface area contributed by atoms with Crippen LogP contribution in [0, 0.1) is 0 Å². The minimum absolute atomic E-state index is 0.0526. The predicted molar refractivity (Wildman–Crippen MR) is 134 cm³/mol. The van der Waals surface area contributed by atoms with Crippen LogP contribution in [-0.4, -0.2) is 33.7 Å². The average molecular weight is 487 g/mol. The first-order valence-corrected chi connectivity index (χ1v) is 11.4. The summed E-state index contributed by atoms with van der Waals surface area (Å²) in [6, 6.07) is 20.7. The minimum Gasteiger partial charge on any atom is -0.493 e. The van der Waals surface area contributed by atoms with Crippen LogP contribution in [0.2, 0.25) is 10.0 Å². The van der Waals surface area contributed by atoms with Crippen LogP contribution in [0.15, 0.2) is 66.7 Å². The van der Waals surface area contributed by atoms with E-state index in [2.05, 4.69) is 10.6 Å². The first-order valence-electron chi connectivity index (χ1n) is 10.7. The molecular formula is C26H28Cl2N2O3. The number of rotatable bonds is 10. The van der Waals surface area contributed by atoms with E-state index in [0.717, 1.165) is 16.7 Å². The molecule has 33 heavy (non-hydrogen) atoms. The van der Waals surface area contributed by atoms with Crippen molar-refractivity contribution in [2.24, 2.45) is 0 Å². The summed E-state index contributed by atoms with van der Waals surface area (Å²) in [5, 5.41) is 7.31. The number of hydrogen-bond donors (Lipinski definition) is 2. The SMILES string of the molecule is CNC(=O)C(NCCC(c1ccc(Cl)cc1)c1ccc(OC)c(OC)c1Cl)c1ccccc1. The van der Waals surface area contributed by atoms with Gasteiger partial charge in [0.05, 0.1) is 19.2 Å². The largest absolute Gasteiger partial charge is 0.493 e. The van der Waals surface area contributed by atoms with Gasteiger partial charge in [0.15, 0.2) is 11.5 Å². The van der Waals surface area contributed by atoms with Crippen molar-refractivity contribution in [1.29, 1.82) is 0 Å². The van der Waals surface area contributed by atoms with E-state index in [1.54, 1.807) is 21.3 Å². The molecule has 0 aliphatic heterocycles. The molecule has 0 saturated carbocycles.